The molecule has 102 valence electrons. The molecule has 1 fully saturated rings. The van der Waals surface area contributed by atoms with E-state index < -0.39 is 0 Å². The van der Waals surface area contributed by atoms with E-state index >= 15 is 0 Å². The lowest BCUT2D eigenvalue weighted by Gasteiger charge is -2.10. The van der Waals surface area contributed by atoms with Crippen LogP contribution in [0.15, 0.2) is 30.4 Å². The van der Waals surface area contributed by atoms with Crippen molar-refractivity contribution >= 4 is 0 Å². The van der Waals surface area contributed by atoms with Crippen LogP contribution in [0.2, 0.25) is 0 Å². The lowest BCUT2D eigenvalue weighted by molar-refractivity contribution is -0.0536. The first kappa shape index (κ1) is 12.5. The van der Waals surface area contributed by atoms with E-state index in [1.54, 1.807) is 0 Å². The van der Waals surface area contributed by atoms with Crippen molar-refractivity contribution in [2.75, 3.05) is 13.4 Å². The third kappa shape index (κ3) is 2.91. The highest BCUT2D eigenvalue weighted by atomic mass is 16.7. The Hall–Kier alpha value is -1.52. The smallest absolute Gasteiger partial charge is 0.231 e. The summed E-state index contributed by atoms with van der Waals surface area (Å²) in [6.07, 6.45) is 5.74. The van der Waals surface area contributed by atoms with Gasteiger partial charge in [0.05, 0.1) is 12.7 Å². The van der Waals surface area contributed by atoms with Gasteiger partial charge in [-0.3, -0.25) is 0 Å². The van der Waals surface area contributed by atoms with Gasteiger partial charge in [0.25, 0.3) is 0 Å². The number of fused-ring (bicyclic) bond motifs is 1. The van der Waals surface area contributed by atoms with Gasteiger partial charge in [-0.05, 0) is 24.6 Å². The number of ether oxygens (including phenoxy) is 4. The standard InChI is InChI=1S/C15H18O4/c1-2-3-4-15-16-9-12(19-15)7-11-5-6-13-14(8-11)18-10-17-13/h2-3,5-6,8,12,15H,4,7,9-10H2,1H3/b3-2+. The van der Waals surface area contributed by atoms with Gasteiger partial charge in [-0.1, -0.05) is 18.2 Å². The van der Waals surface area contributed by atoms with Crippen LogP contribution in [0, 0.1) is 0 Å². The summed E-state index contributed by atoms with van der Waals surface area (Å²) in [6.45, 7) is 2.96. The van der Waals surface area contributed by atoms with Crippen LogP contribution in [0.1, 0.15) is 18.9 Å². The second-order valence-electron chi connectivity index (χ2n) is 4.72. The van der Waals surface area contributed by atoms with Crippen LogP contribution in [-0.2, 0) is 15.9 Å². The van der Waals surface area contributed by atoms with E-state index in [-0.39, 0.29) is 12.4 Å². The molecule has 19 heavy (non-hydrogen) atoms. The Bertz CT molecular complexity index is 469. The Balaban J connectivity index is 1.57. The second-order valence-corrected chi connectivity index (χ2v) is 4.72. The Morgan fingerprint density at radius 1 is 1.26 bits per heavy atom. The number of allylic oxidation sites excluding steroid dienone is 1. The molecular formula is C15H18O4. The lowest BCUT2D eigenvalue weighted by Crippen LogP contribution is -2.14. The zero-order valence-electron chi connectivity index (χ0n) is 11.0. The average Bonchev–Trinajstić information content (AvgIpc) is 3.05. The Morgan fingerprint density at radius 2 is 2.16 bits per heavy atom. The molecule has 0 bridgehead atoms. The first-order valence-electron chi connectivity index (χ1n) is 6.62. The van der Waals surface area contributed by atoms with Crippen LogP contribution in [0.25, 0.3) is 0 Å². The SMILES string of the molecule is C/C=C/CC1OCC(Cc2ccc3c(c2)OCO3)O1. The monoisotopic (exact) mass is 262 g/mol. The van der Waals surface area contributed by atoms with Crippen molar-refractivity contribution in [1.29, 1.82) is 0 Å². The molecule has 2 aliphatic heterocycles. The molecule has 0 aliphatic carbocycles. The minimum absolute atomic E-state index is 0.102. The van der Waals surface area contributed by atoms with Crippen LogP contribution >= 0.6 is 0 Å². The third-order valence-corrected chi connectivity index (χ3v) is 3.28. The first-order valence-corrected chi connectivity index (χ1v) is 6.62. The van der Waals surface area contributed by atoms with Gasteiger partial charge in [0.15, 0.2) is 17.8 Å². The van der Waals surface area contributed by atoms with Crippen molar-refractivity contribution in [3.05, 3.63) is 35.9 Å². The largest absolute Gasteiger partial charge is 0.454 e. The molecule has 0 saturated carbocycles. The summed E-state index contributed by atoms with van der Waals surface area (Å²) in [5.41, 5.74) is 1.18. The second kappa shape index (κ2) is 5.63. The summed E-state index contributed by atoms with van der Waals surface area (Å²) >= 11 is 0. The van der Waals surface area contributed by atoms with Crippen molar-refractivity contribution in [2.24, 2.45) is 0 Å². The number of benzene rings is 1. The number of hydrogen-bond acceptors (Lipinski definition) is 4. The summed E-state index contributed by atoms with van der Waals surface area (Å²) in [4.78, 5) is 0. The summed E-state index contributed by atoms with van der Waals surface area (Å²) in [5.74, 6) is 1.64. The van der Waals surface area contributed by atoms with Crippen molar-refractivity contribution in [1.82, 2.24) is 0 Å². The summed E-state index contributed by atoms with van der Waals surface area (Å²) < 4.78 is 22.1. The molecule has 1 saturated heterocycles. The predicted molar refractivity (Wildman–Crippen MR) is 70.3 cm³/mol. The Kier molecular flexibility index (Phi) is 3.71. The molecule has 1 aromatic carbocycles. The van der Waals surface area contributed by atoms with Crippen molar-refractivity contribution < 1.29 is 18.9 Å². The van der Waals surface area contributed by atoms with E-state index in [9.17, 15) is 0 Å². The topological polar surface area (TPSA) is 36.9 Å². The highest BCUT2D eigenvalue weighted by molar-refractivity contribution is 5.44. The fourth-order valence-corrected chi connectivity index (χ4v) is 2.32. The molecule has 0 aromatic heterocycles. The molecule has 2 aliphatic rings. The molecule has 2 unspecified atom stereocenters. The van der Waals surface area contributed by atoms with Crippen molar-refractivity contribution in [2.45, 2.75) is 32.2 Å². The normalized spacial score (nSPS) is 25.3. The quantitative estimate of drug-likeness (QED) is 0.782. The summed E-state index contributed by atoms with van der Waals surface area (Å²) in [5, 5.41) is 0. The molecule has 4 heteroatoms. The van der Waals surface area contributed by atoms with Crippen LogP contribution in [0.4, 0.5) is 0 Å². The molecule has 4 nitrogen and oxygen atoms in total. The molecule has 1 aromatic rings. The van der Waals surface area contributed by atoms with E-state index in [2.05, 4.69) is 12.1 Å². The van der Waals surface area contributed by atoms with E-state index in [0.717, 1.165) is 24.3 Å². The molecule has 0 N–H and O–H groups in total. The van der Waals surface area contributed by atoms with Crippen molar-refractivity contribution in [3.63, 3.8) is 0 Å². The number of hydrogen-bond donors (Lipinski definition) is 0. The zero-order valence-corrected chi connectivity index (χ0v) is 11.0. The fraction of sp³-hybridized carbons (Fsp3) is 0.467. The van der Waals surface area contributed by atoms with Gasteiger partial charge in [0.2, 0.25) is 6.79 Å². The average molecular weight is 262 g/mol. The van der Waals surface area contributed by atoms with Crippen molar-refractivity contribution in [3.8, 4) is 11.5 Å². The van der Waals surface area contributed by atoms with E-state index in [4.69, 9.17) is 18.9 Å². The molecule has 0 spiro atoms. The van der Waals surface area contributed by atoms with Gasteiger partial charge < -0.3 is 18.9 Å². The Labute approximate surface area is 112 Å². The summed E-state index contributed by atoms with van der Waals surface area (Å²) in [7, 11) is 0. The molecule has 0 amide bonds. The Morgan fingerprint density at radius 3 is 3.05 bits per heavy atom. The van der Waals surface area contributed by atoms with Crippen LogP contribution in [0.5, 0.6) is 11.5 Å². The molecular weight excluding hydrogens is 244 g/mol. The summed E-state index contributed by atoms with van der Waals surface area (Å²) in [6, 6.07) is 6.02. The fourth-order valence-electron chi connectivity index (χ4n) is 2.32. The van der Waals surface area contributed by atoms with Gasteiger partial charge in [-0.15, -0.1) is 0 Å². The highest BCUT2D eigenvalue weighted by Crippen LogP contribution is 2.33. The van der Waals surface area contributed by atoms with Gasteiger partial charge in [-0.25, -0.2) is 0 Å². The predicted octanol–water partition coefficient (Wildman–Crippen LogP) is 2.67. The van der Waals surface area contributed by atoms with Gasteiger partial charge in [0.1, 0.15) is 0 Å². The van der Waals surface area contributed by atoms with Crippen LogP contribution in [-0.4, -0.2) is 25.8 Å². The molecule has 2 atom stereocenters. The zero-order chi connectivity index (χ0) is 13.1. The highest BCUT2D eigenvalue weighted by Gasteiger charge is 2.25. The molecule has 3 rings (SSSR count). The minimum Gasteiger partial charge on any atom is -0.454 e. The van der Waals surface area contributed by atoms with E-state index in [1.165, 1.54) is 5.56 Å². The maximum Gasteiger partial charge on any atom is 0.231 e. The van der Waals surface area contributed by atoms with E-state index in [1.807, 2.05) is 25.1 Å². The maximum absolute atomic E-state index is 5.84. The van der Waals surface area contributed by atoms with E-state index in [0.29, 0.717) is 13.4 Å². The first-order chi connectivity index (χ1) is 9.35. The van der Waals surface area contributed by atoms with Gasteiger partial charge in [0, 0.05) is 12.8 Å². The molecule has 0 radical (unpaired) electrons. The van der Waals surface area contributed by atoms with Gasteiger partial charge >= 0.3 is 0 Å². The van der Waals surface area contributed by atoms with Crippen LogP contribution < -0.4 is 9.47 Å². The molecule has 2 heterocycles. The maximum atomic E-state index is 5.84. The lowest BCUT2D eigenvalue weighted by atomic mass is 10.1. The third-order valence-electron chi connectivity index (χ3n) is 3.28. The van der Waals surface area contributed by atoms with Crippen LogP contribution in [0.3, 0.4) is 0 Å². The minimum atomic E-state index is -0.102. The van der Waals surface area contributed by atoms with Gasteiger partial charge in [-0.2, -0.15) is 0 Å². The number of rotatable bonds is 4.